The highest BCUT2D eigenvalue weighted by atomic mass is 79.9. The van der Waals surface area contributed by atoms with Crippen molar-refractivity contribution in [2.45, 2.75) is 32.5 Å². The van der Waals surface area contributed by atoms with Crippen molar-refractivity contribution in [2.24, 2.45) is 5.92 Å². The third-order valence-electron chi connectivity index (χ3n) is 2.21. The Balaban J connectivity index is 2.50. The number of hydrogen-bond acceptors (Lipinski definition) is 2. The summed E-state index contributed by atoms with van der Waals surface area (Å²) in [7, 11) is 0. The summed E-state index contributed by atoms with van der Waals surface area (Å²) < 4.78 is 18.5. The molecule has 1 fully saturated rings. The molecule has 0 saturated carbocycles. The number of carbonyl (C=O) groups excluding carboxylic acids is 1. The topological polar surface area (TPSA) is 29.5 Å². The summed E-state index contributed by atoms with van der Waals surface area (Å²) in [6.45, 7) is 5.98. The van der Waals surface area contributed by atoms with Gasteiger partial charge in [0.25, 0.3) is 0 Å². The fraction of sp³-hybridized carbons (Fsp3) is 0.900. The Morgan fingerprint density at radius 2 is 2.13 bits per heavy atom. The van der Waals surface area contributed by atoms with Crippen molar-refractivity contribution in [3.63, 3.8) is 0 Å². The Labute approximate surface area is 98.1 Å². The van der Waals surface area contributed by atoms with Gasteiger partial charge >= 0.3 is 6.09 Å². The molecule has 5 heteroatoms. The van der Waals surface area contributed by atoms with E-state index in [0.29, 0.717) is 11.9 Å². The van der Waals surface area contributed by atoms with Gasteiger partial charge in [-0.1, -0.05) is 15.9 Å². The Morgan fingerprint density at radius 1 is 1.53 bits per heavy atom. The van der Waals surface area contributed by atoms with Crippen LogP contribution in [0.15, 0.2) is 0 Å². The maximum Gasteiger partial charge on any atom is 0.410 e. The molecule has 2 atom stereocenters. The summed E-state index contributed by atoms with van der Waals surface area (Å²) in [6.07, 6.45) is -1.37. The van der Waals surface area contributed by atoms with Gasteiger partial charge in [0.1, 0.15) is 11.8 Å². The van der Waals surface area contributed by atoms with Gasteiger partial charge < -0.3 is 9.64 Å². The van der Waals surface area contributed by atoms with E-state index in [1.165, 1.54) is 4.90 Å². The largest absolute Gasteiger partial charge is 0.444 e. The zero-order valence-electron chi connectivity index (χ0n) is 9.30. The van der Waals surface area contributed by atoms with Gasteiger partial charge in [-0.15, -0.1) is 0 Å². The van der Waals surface area contributed by atoms with E-state index in [-0.39, 0.29) is 12.5 Å². The van der Waals surface area contributed by atoms with Gasteiger partial charge in [-0.2, -0.15) is 0 Å². The standard InChI is InChI=1S/C10H17BrFNO2/c1-10(2,3)15-9(14)13-5-7(4-11)8(12)6-13/h7-8H,4-6H2,1-3H3. The first-order chi connectivity index (χ1) is 6.83. The minimum Gasteiger partial charge on any atom is -0.444 e. The summed E-state index contributed by atoms with van der Waals surface area (Å²) in [5.74, 6) is -0.113. The third kappa shape index (κ3) is 3.63. The van der Waals surface area contributed by atoms with Crippen LogP contribution in [0.4, 0.5) is 9.18 Å². The monoisotopic (exact) mass is 281 g/mol. The number of nitrogens with zero attached hydrogens (tertiary/aromatic N) is 1. The molecule has 1 aliphatic heterocycles. The van der Waals surface area contributed by atoms with Crippen LogP contribution in [0.3, 0.4) is 0 Å². The quantitative estimate of drug-likeness (QED) is 0.692. The van der Waals surface area contributed by atoms with Crippen molar-refractivity contribution in [1.29, 1.82) is 0 Å². The summed E-state index contributed by atoms with van der Waals surface area (Å²) in [6, 6.07) is 0. The van der Waals surface area contributed by atoms with Crippen molar-refractivity contribution < 1.29 is 13.9 Å². The number of alkyl halides is 2. The normalized spacial score (nSPS) is 26.9. The fourth-order valence-electron chi connectivity index (χ4n) is 1.45. The molecule has 0 N–H and O–H groups in total. The molecule has 0 aliphatic carbocycles. The van der Waals surface area contributed by atoms with Crippen LogP contribution in [0.25, 0.3) is 0 Å². The van der Waals surface area contributed by atoms with E-state index in [9.17, 15) is 9.18 Å². The van der Waals surface area contributed by atoms with E-state index in [0.717, 1.165) is 0 Å². The first kappa shape index (κ1) is 12.7. The van der Waals surface area contributed by atoms with Crippen molar-refractivity contribution >= 4 is 22.0 Å². The molecule has 0 spiro atoms. The van der Waals surface area contributed by atoms with Gasteiger partial charge in [0.05, 0.1) is 6.54 Å². The summed E-state index contributed by atoms with van der Waals surface area (Å²) >= 11 is 3.24. The highest BCUT2D eigenvalue weighted by molar-refractivity contribution is 9.09. The number of rotatable bonds is 1. The molecule has 2 unspecified atom stereocenters. The molecule has 1 rings (SSSR count). The lowest BCUT2D eigenvalue weighted by atomic mass is 10.1. The SMILES string of the molecule is CC(C)(C)OC(=O)N1CC(F)C(CBr)C1. The predicted octanol–water partition coefficient (Wildman–Crippen LogP) is 2.59. The van der Waals surface area contributed by atoms with Crippen LogP contribution in [0.5, 0.6) is 0 Å². The van der Waals surface area contributed by atoms with E-state index in [1.54, 1.807) is 20.8 Å². The first-order valence-corrected chi connectivity index (χ1v) is 6.13. The molecule has 88 valence electrons. The molecule has 0 bridgehead atoms. The molecule has 1 amide bonds. The van der Waals surface area contributed by atoms with E-state index < -0.39 is 17.9 Å². The van der Waals surface area contributed by atoms with Gasteiger partial charge in [-0.05, 0) is 20.8 Å². The van der Waals surface area contributed by atoms with Crippen molar-refractivity contribution in [3.8, 4) is 0 Å². The number of hydrogen-bond donors (Lipinski definition) is 0. The van der Waals surface area contributed by atoms with Gasteiger partial charge in [0.2, 0.25) is 0 Å². The molecular weight excluding hydrogens is 265 g/mol. The van der Waals surface area contributed by atoms with E-state index in [1.807, 2.05) is 0 Å². The molecule has 1 saturated heterocycles. The molecule has 1 heterocycles. The number of amides is 1. The molecule has 0 aromatic carbocycles. The second-order valence-electron chi connectivity index (χ2n) is 4.82. The van der Waals surface area contributed by atoms with Gasteiger partial charge in [0, 0.05) is 17.8 Å². The Morgan fingerprint density at radius 3 is 2.53 bits per heavy atom. The Bertz CT molecular complexity index is 242. The van der Waals surface area contributed by atoms with E-state index in [2.05, 4.69) is 15.9 Å². The Kier molecular flexibility index (Phi) is 3.98. The van der Waals surface area contributed by atoms with E-state index in [4.69, 9.17) is 4.74 Å². The summed E-state index contributed by atoms with van der Waals surface area (Å²) in [5, 5.41) is 0.577. The first-order valence-electron chi connectivity index (χ1n) is 5.01. The number of likely N-dealkylation sites (tertiary alicyclic amines) is 1. The van der Waals surface area contributed by atoms with Crippen LogP contribution in [0.1, 0.15) is 20.8 Å². The smallest absolute Gasteiger partial charge is 0.410 e. The lowest BCUT2D eigenvalue weighted by Crippen LogP contribution is -2.35. The van der Waals surface area contributed by atoms with Gasteiger partial charge in [-0.3, -0.25) is 0 Å². The summed E-state index contributed by atoms with van der Waals surface area (Å²) in [4.78, 5) is 13.0. The lowest BCUT2D eigenvalue weighted by molar-refractivity contribution is 0.0282. The zero-order chi connectivity index (χ0) is 11.6. The van der Waals surface area contributed by atoms with Crippen LogP contribution in [-0.4, -0.2) is 41.2 Å². The van der Waals surface area contributed by atoms with Gasteiger partial charge in [0.15, 0.2) is 0 Å². The summed E-state index contributed by atoms with van der Waals surface area (Å²) in [5.41, 5.74) is -0.518. The molecule has 1 aliphatic rings. The van der Waals surface area contributed by atoms with Crippen LogP contribution in [0.2, 0.25) is 0 Å². The molecular formula is C10H17BrFNO2. The molecule has 0 radical (unpaired) electrons. The van der Waals surface area contributed by atoms with Crippen LogP contribution in [0, 0.1) is 5.92 Å². The highest BCUT2D eigenvalue weighted by Crippen LogP contribution is 2.23. The maximum absolute atomic E-state index is 13.4. The van der Waals surface area contributed by atoms with Crippen LogP contribution < -0.4 is 0 Å². The lowest BCUT2D eigenvalue weighted by Gasteiger charge is -2.24. The number of halogens is 2. The molecule has 15 heavy (non-hydrogen) atoms. The average Bonchev–Trinajstić information content (AvgIpc) is 2.43. The fourth-order valence-corrected chi connectivity index (χ4v) is 2.06. The molecule has 0 aromatic heterocycles. The van der Waals surface area contributed by atoms with E-state index >= 15 is 0 Å². The predicted molar refractivity (Wildman–Crippen MR) is 60.0 cm³/mol. The third-order valence-corrected chi connectivity index (χ3v) is 3.04. The second-order valence-corrected chi connectivity index (χ2v) is 5.46. The second kappa shape index (κ2) is 4.68. The van der Waals surface area contributed by atoms with Crippen LogP contribution >= 0.6 is 15.9 Å². The maximum atomic E-state index is 13.4. The van der Waals surface area contributed by atoms with Crippen LogP contribution in [-0.2, 0) is 4.74 Å². The van der Waals surface area contributed by atoms with Gasteiger partial charge in [-0.25, -0.2) is 9.18 Å². The van der Waals surface area contributed by atoms with Crippen molar-refractivity contribution in [2.75, 3.05) is 18.4 Å². The minimum absolute atomic E-state index is 0.113. The molecule has 3 nitrogen and oxygen atoms in total. The zero-order valence-corrected chi connectivity index (χ0v) is 10.9. The number of ether oxygens (including phenoxy) is 1. The van der Waals surface area contributed by atoms with Crippen molar-refractivity contribution in [1.82, 2.24) is 4.90 Å². The Hall–Kier alpha value is -0.320. The molecule has 0 aromatic rings. The van der Waals surface area contributed by atoms with Crippen molar-refractivity contribution in [3.05, 3.63) is 0 Å². The number of carbonyl (C=O) groups is 1. The average molecular weight is 282 g/mol. The highest BCUT2D eigenvalue weighted by Gasteiger charge is 2.36. The minimum atomic E-state index is -0.947.